The highest BCUT2D eigenvalue weighted by molar-refractivity contribution is 5.88. The third-order valence-electron chi connectivity index (χ3n) is 3.51. The molecule has 116 valence electrons. The minimum absolute atomic E-state index is 0.0933. The summed E-state index contributed by atoms with van der Waals surface area (Å²) in [5.41, 5.74) is 1.51. The second kappa shape index (κ2) is 7.78. The molecule has 5 heteroatoms. The molecule has 0 fully saturated rings. The first-order valence-corrected chi connectivity index (χ1v) is 7.07. The van der Waals surface area contributed by atoms with Crippen molar-refractivity contribution in [1.82, 2.24) is 5.32 Å². The summed E-state index contributed by atoms with van der Waals surface area (Å²) < 4.78 is 4.74. The maximum absolute atomic E-state index is 11.5. The lowest BCUT2D eigenvalue weighted by Gasteiger charge is -2.28. The Morgan fingerprint density at radius 2 is 2.05 bits per heavy atom. The summed E-state index contributed by atoms with van der Waals surface area (Å²) in [7, 11) is 1.40. The topological polar surface area (TPSA) is 67.4 Å². The van der Waals surface area contributed by atoms with E-state index < -0.39 is 0 Å². The molecule has 21 heavy (non-hydrogen) atoms. The number of hydrogen-bond donors (Lipinski definition) is 2. The number of rotatable bonds is 7. The van der Waals surface area contributed by atoms with Crippen molar-refractivity contribution in [2.24, 2.45) is 0 Å². The van der Waals surface area contributed by atoms with Gasteiger partial charge in [0.05, 0.1) is 13.5 Å². The van der Waals surface area contributed by atoms with E-state index in [0.717, 1.165) is 17.7 Å². The highest BCUT2D eigenvalue weighted by Gasteiger charge is 2.25. The lowest BCUT2D eigenvalue weighted by Crippen LogP contribution is -2.43. The number of esters is 1. The molecule has 1 aromatic carbocycles. The van der Waals surface area contributed by atoms with Gasteiger partial charge < -0.3 is 15.4 Å². The van der Waals surface area contributed by atoms with Gasteiger partial charge in [0.1, 0.15) is 0 Å². The molecule has 0 heterocycles. The second-order valence-corrected chi connectivity index (χ2v) is 5.40. The van der Waals surface area contributed by atoms with Gasteiger partial charge in [-0.3, -0.25) is 9.59 Å². The molecule has 0 bridgehead atoms. The number of methoxy groups -OCH3 is 1. The number of hydrogen-bond acceptors (Lipinski definition) is 4. The molecular weight excluding hydrogens is 268 g/mol. The monoisotopic (exact) mass is 292 g/mol. The van der Waals surface area contributed by atoms with Crippen LogP contribution in [0.3, 0.4) is 0 Å². The van der Waals surface area contributed by atoms with Gasteiger partial charge in [0.15, 0.2) is 0 Å². The van der Waals surface area contributed by atoms with Crippen molar-refractivity contribution in [3.05, 3.63) is 29.8 Å². The summed E-state index contributed by atoms with van der Waals surface area (Å²) in [6.45, 7) is 6.13. The van der Waals surface area contributed by atoms with Crippen LogP contribution in [0.4, 0.5) is 5.69 Å². The molecule has 0 spiro atoms. The maximum atomic E-state index is 11.5. The largest absolute Gasteiger partial charge is 0.469 e. The van der Waals surface area contributed by atoms with Crippen molar-refractivity contribution in [2.75, 3.05) is 12.4 Å². The quantitative estimate of drug-likeness (QED) is 0.758. The van der Waals surface area contributed by atoms with Crippen LogP contribution in [0.15, 0.2) is 24.3 Å². The minimum atomic E-state index is -0.308. The summed E-state index contributed by atoms with van der Waals surface area (Å²) in [5.74, 6) is -0.317. The fourth-order valence-corrected chi connectivity index (χ4v) is 1.98. The Morgan fingerprint density at radius 1 is 1.33 bits per heavy atom. The molecule has 5 nitrogen and oxygen atoms in total. The van der Waals surface area contributed by atoms with Crippen LogP contribution < -0.4 is 10.6 Å². The van der Waals surface area contributed by atoms with Crippen LogP contribution in [-0.4, -0.2) is 24.5 Å². The van der Waals surface area contributed by atoms with Gasteiger partial charge in [-0.1, -0.05) is 19.1 Å². The molecule has 1 amide bonds. The van der Waals surface area contributed by atoms with E-state index in [-0.39, 0.29) is 17.4 Å². The highest BCUT2D eigenvalue weighted by atomic mass is 16.5. The van der Waals surface area contributed by atoms with E-state index in [1.165, 1.54) is 14.0 Å². The van der Waals surface area contributed by atoms with Crippen LogP contribution in [0.2, 0.25) is 0 Å². The Hall–Kier alpha value is -1.88. The molecule has 0 saturated heterocycles. The van der Waals surface area contributed by atoms with Crippen LogP contribution in [-0.2, 0) is 20.9 Å². The SMILES string of the molecule is CC[C@@](C)(CC(=O)OC)NCc1cccc(NC(C)=O)c1. The molecule has 0 aliphatic rings. The molecule has 0 aliphatic heterocycles. The van der Waals surface area contributed by atoms with Gasteiger partial charge >= 0.3 is 5.97 Å². The number of ether oxygens (including phenoxy) is 1. The summed E-state index contributed by atoms with van der Waals surface area (Å²) in [4.78, 5) is 22.5. The van der Waals surface area contributed by atoms with E-state index in [1.807, 2.05) is 38.1 Å². The van der Waals surface area contributed by atoms with Gasteiger partial charge in [-0.25, -0.2) is 0 Å². The molecule has 0 unspecified atom stereocenters. The first-order chi connectivity index (χ1) is 9.88. The number of benzene rings is 1. The molecular formula is C16H24N2O3. The van der Waals surface area contributed by atoms with E-state index >= 15 is 0 Å². The number of anilines is 1. The first-order valence-electron chi connectivity index (χ1n) is 7.07. The zero-order valence-corrected chi connectivity index (χ0v) is 13.2. The third kappa shape index (κ3) is 5.95. The molecule has 1 rings (SSSR count). The van der Waals surface area contributed by atoms with Gasteiger partial charge in [-0.2, -0.15) is 0 Å². The molecule has 1 atom stereocenters. The molecule has 2 N–H and O–H groups in total. The fourth-order valence-electron chi connectivity index (χ4n) is 1.98. The van der Waals surface area contributed by atoms with Gasteiger partial charge in [0.2, 0.25) is 5.91 Å². The van der Waals surface area contributed by atoms with E-state index in [1.54, 1.807) is 0 Å². The third-order valence-corrected chi connectivity index (χ3v) is 3.51. The lowest BCUT2D eigenvalue weighted by atomic mass is 9.94. The summed E-state index contributed by atoms with van der Waals surface area (Å²) >= 11 is 0. The van der Waals surface area contributed by atoms with Crippen LogP contribution in [0.25, 0.3) is 0 Å². The number of carbonyl (C=O) groups excluding carboxylic acids is 2. The number of nitrogens with one attached hydrogen (secondary N) is 2. The van der Waals surface area contributed by atoms with Gasteiger partial charge in [-0.15, -0.1) is 0 Å². The van der Waals surface area contributed by atoms with Crippen molar-refractivity contribution in [3.63, 3.8) is 0 Å². The average molecular weight is 292 g/mol. The minimum Gasteiger partial charge on any atom is -0.469 e. The van der Waals surface area contributed by atoms with Gasteiger partial charge in [0, 0.05) is 24.7 Å². The van der Waals surface area contributed by atoms with Crippen molar-refractivity contribution >= 4 is 17.6 Å². The molecule has 0 aromatic heterocycles. The standard InChI is InChI=1S/C16H24N2O3/c1-5-16(3,10-15(20)21-4)17-11-13-7-6-8-14(9-13)18-12(2)19/h6-9,17H,5,10-11H2,1-4H3,(H,18,19)/t16-/m0/s1. The van der Waals surface area contributed by atoms with Crippen molar-refractivity contribution < 1.29 is 14.3 Å². The van der Waals surface area contributed by atoms with Crippen LogP contribution in [0, 0.1) is 0 Å². The van der Waals surface area contributed by atoms with Gasteiger partial charge in [0.25, 0.3) is 0 Å². The summed E-state index contributed by atoms with van der Waals surface area (Å²) in [6.07, 6.45) is 1.14. The maximum Gasteiger partial charge on any atom is 0.307 e. The number of amides is 1. The van der Waals surface area contributed by atoms with E-state index in [9.17, 15) is 9.59 Å². The summed E-state index contributed by atoms with van der Waals surface area (Å²) in [5, 5.41) is 6.15. The molecule has 0 saturated carbocycles. The lowest BCUT2D eigenvalue weighted by molar-refractivity contribution is -0.142. The average Bonchev–Trinajstić information content (AvgIpc) is 2.45. The molecule has 0 aliphatic carbocycles. The molecule has 1 aromatic rings. The zero-order valence-electron chi connectivity index (χ0n) is 13.2. The Bertz CT molecular complexity index is 502. The Balaban J connectivity index is 2.68. The van der Waals surface area contributed by atoms with Crippen LogP contribution in [0.1, 0.15) is 39.2 Å². The zero-order chi connectivity index (χ0) is 15.9. The normalized spacial score (nSPS) is 13.3. The Morgan fingerprint density at radius 3 is 2.62 bits per heavy atom. The predicted octanol–water partition coefficient (Wildman–Crippen LogP) is 2.47. The van der Waals surface area contributed by atoms with E-state index in [2.05, 4.69) is 10.6 Å². The van der Waals surface area contributed by atoms with Gasteiger partial charge in [-0.05, 0) is 31.0 Å². The summed E-state index contributed by atoms with van der Waals surface area (Å²) in [6, 6.07) is 7.64. The Labute approximate surface area is 126 Å². The highest BCUT2D eigenvalue weighted by Crippen LogP contribution is 2.17. The van der Waals surface area contributed by atoms with Crippen molar-refractivity contribution in [3.8, 4) is 0 Å². The fraction of sp³-hybridized carbons (Fsp3) is 0.500. The first kappa shape index (κ1) is 17.2. The number of carbonyl (C=O) groups is 2. The molecule has 0 radical (unpaired) electrons. The van der Waals surface area contributed by atoms with E-state index in [4.69, 9.17) is 4.74 Å². The van der Waals surface area contributed by atoms with Crippen molar-refractivity contribution in [2.45, 2.75) is 45.7 Å². The smallest absolute Gasteiger partial charge is 0.307 e. The second-order valence-electron chi connectivity index (χ2n) is 5.40. The van der Waals surface area contributed by atoms with Crippen LogP contribution in [0.5, 0.6) is 0 Å². The Kier molecular flexibility index (Phi) is 6.37. The van der Waals surface area contributed by atoms with Crippen LogP contribution >= 0.6 is 0 Å². The van der Waals surface area contributed by atoms with Crippen molar-refractivity contribution in [1.29, 1.82) is 0 Å². The van der Waals surface area contributed by atoms with E-state index in [0.29, 0.717) is 13.0 Å². The predicted molar refractivity (Wildman–Crippen MR) is 82.9 cm³/mol.